The average molecular weight is 642 g/mol. The number of rotatable bonds is 5. The maximum Gasteiger partial charge on any atom is 0.515 e. The van der Waals surface area contributed by atoms with Crippen LogP contribution in [-0.4, -0.2) is 84.6 Å². The summed E-state index contributed by atoms with van der Waals surface area (Å²) < 4.78 is 8.07. The van der Waals surface area contributed by atoms with Gasteiger partial charge in [0.1, 0.15) is 6.61 Å². The number of carbonyl (C=O) groups excluding carboxylic acids is 4. The summed E-state index contributed by atoms with van der Waals surface area (Å²) in [5.41, 5.74) is -0.835. The molecule has 0 spiro atoms. The van der Waals surface area contributed by atoms with Crippen molar-refractivity contribution in [3.05, 3.63) is 25.3 Å². The third-order valence-corrected chi connectivity index (χ3v) is 4.77. The number of amides is 2. The van der Waals surface area contributed by atoms with Crippen molar-refractivity contribution < 1.29 is 38.5 Å². The fourth-order valence-corrected chi connectivity index (χ4v) is 2.87. The molecule has 1 N–H and O–H groups in total. The quantitative estimate of drug-likeness (QED) is 0.198. The van der Waals surface area contributed by atoms with E-state index >= 15 is 0 Å². The summed E-state index contributed by atoms with van der Waals surface area (Å²) in [4.78, 5) is 45.9. The highest BCUT2D eigenvalue weighted by atomic mass is 35.6. The van der Waals surface area contributed by atoms with Crippen molar-refractivity contribution in [3.8, 4) is 0 Å². The minimum absolute atomic E-state index is 0.0341. The smallest absolute Gasteiger partial charge is 0.451 e. The minimum atomic E-state index is -2.24. The fourth-order valence-electron chi connectivity index (χ4n) is 2.43. The van der Waals surface area contributed by atoms with Crippen molar-refractivity contribution in [2.75, 3.05) is 26.3 Å². The number of aliphatic hydroxyl groups excluding tert-OH is 1. The maximum atomic E-state index is 11.1. The third-order valence-electron chi connectivity index (χ3n) is 4.20. The summed E-state index contributed by atoms with van der Waals surface area (Å²) in [5, 5.41) is 8.67. The van der Waals surface area contributed by atoms with Gasteiger partial charge in [-0.1, -0.05) is 13.2 Å². The number of nitrogens with zero attached hydrogens (tertiary/aromatic N) is 2. The van der Waals surface area contributed by atoms with Crippen LogP contribution in [0.4, 0.5) is 9.59 Å². The molecule has 0 bridgehead atoms. The largest absolute Gasteiger partial charge is 0.515 e. The molecule has 0 aromatic heterocycles. The number of likely N-dealkylation sites (tertiary alicyclic amines) is 2. The first-order chi connectivity index (χ1) is 16.0. The highest BCUT2D eigenvalue weighted by molar-refractivity contribution is 6.67. The van der Waals surface area contributed by atoms with Gasteiger partial charge in [0.05, 0.1) is 18.7 Å². The fraction of sp³-hybridized carbons (Fsp3) is 0.556. The second-order valence-electron chi connectivity index (χ2n) is 6.43. The molecule has 0 saturated carbocycles. The van der Waals surface area contributed by atoms with E-state index in [9.17, 15) is 19.2 Å². The molecule has 2 rings (SSSR count). The monoisotopic (exact) mass is 638 g/mol. The van der Waals surface area contributed by atoms with Gasteiger partial charge >= 0.3 is 19.5 Å². The Bertz CT molecular complexity index is 753. The van der Waals surface area contributed by atoms with E-state index < -0.39 is 19.5 Å². The Balaban J connectivity index is 0.000000500. The molecule has 2 aliphatic heterocycles. The molecule has 35 heavy (non-hydrogen) atoms. The van der Waals surface area contributed by atoms with Gasteiger partial charge in [0, 0.05) is 24.7 Å². The molecule has 10 nitrogen and oxygen atoms in total. The Morgan fingerprint density at radius 2 is 1.26 bits per heavy atom. The first-order valence-electron chi connectivity index (χ1n) is 9.39. The van der Waals surface area contributed by atoms with E-state index in [1.807, 2.05) is 0 Å². The second kappa shape index (κ2) is 16.1. The van der Waals surface area contributed by atoms with Gasteiger partial charge in [-0.2, -0.15) is 0 Å². The molecule has 2 amide bonds. The third kappa shape index (κ3) is 15.1. The van der Waals surface area contributed by atoms with E-state index in [2.05, 4.69) is 27.4 Å². The number of aliphatic hydroxyl groups is 1. The summed E-state index contributed by atoms with van der Waals surface area (Å²) in [6, 6.07) is 0.0127. The van der Waals surface area contributed by atoms with Crippen LogP contribution in [0.2, 0.25) is 0 Å². The molecule has 2 saturated heterocycles. The van der Waals surface area contributed by atoms with Crippen LogP contribution in [0.15, 0.2) is 25.3 Å². The minimum Gasteiger partial charge on any atom is -0.451 e. The Hall–Kier alpha value is -0.850. The van der Waals surface area contributed by atoms with Gasteiger partial charge in [-0.05, 0) is 94.6 Å². The molecule has 0 aromatic rings. The van der Waals surface area contributed by atoms with Gasteiger partial charge in [-0.3, -0.25) is 9.59 Å². The Morgan fingerprint density at radius 3 is 1.51 bits per heavy atom. The van der Waals surface area contributed by atoms with Crippen molar-refractivity contribution in [3.63, 3.8) is 0 Å². The van der Waals surface area contributed by atoms with Gasteiger partial charge in [0.2, 0.25) is 11.8 Å². The van der Waals surface area contributed by atoms with Crippen LogP contribution in [0.1, 0.15) is 12.8 Å². The number of hydrogen-bond donors (Lipinski definition) is 1. The summed E-state index contributed by atoms with van der Waals surface area (Å²) in [5.74, 6) is -0.216. The van der Waals surface area contributed by atoms with Crippen LogP contribution in [-0.2, 0) is 23.8 Å². The average Bonchev–Trinajstić information content (AvgIpc) is 2.64. The molecule has 200 valence electrons. The summed E-state index contributed by atoms with van der Waals surface area (Å²) in [7, 11) is 0. The Morgan fingerprint density at radius 1 is 0.857 bits per heavy atom. The highest BCUT2D eigenvalue weighted by Crippen LogP contribution is 2.32. The number of alkyl halides is 6. The molecule has 0 aliphatic carbocycles. The van der Waals surface area contributed by atoms with E-state index in [4.69, 9.17) is 86.3 Å². The van der Waals surface area contributed by atoms with Crippen LogP contribution in [0.3, 0.4) is 0 Å². The lowest BCUT2D eigenvalue weighted by Gasteiger charge is -2.39. The van der Waals surface area contributed by atoms with Gasteiger partial charge in [0.25, 0.3) is 0 Å². The molecule has 2 heterocycles. The number of hydrogen-bond acceptors (Lipinski definition) is 8. The highest BCUT2D eigenvalue weighted by Gasteiger charge is 2.33. The van der Waals surface area contributed by atoms with Gasteiger partial charge < -0.3 is 29.1 Å². The first kappa shape index (κ1) is 34.1. The Kier molecular flexibility index (Phi) is 15.7. The Labute approximate surface area is 236 Å². The van der Waals surface area contributed by atoms with Crippen molar-refractivity contribution in [1.29, 1.82) is 0 Å². The lowest BCUT2D eigenvalue weighted by molar-refractivity contribution is -0.135. The maximum absolute atomic E-state index is 11.1. The van der Waals surface area contributed by atoms with Gasteiger partial charge in [-0.15, -0.1) is 0 Å². The van der Waals surface area contributed by atoms with E-state index in [1.54, 1.807) is 9.80 Å². The first-order valence-corrected chi connectivity index (χ1v) is 12.0. The lowest BCUT2D eigenvalue weighted by atomic mass is 10.0. The van der Waals surface area contributed by atoms with Crippen LogP contribution in [0.5, 0.6) is 0 Å². The number of ether oxygens (including phenoxy) is 3. The molecule has 0 aromatic carbocycles. The van der Waals surface area contributed by atoms with E-state index in [0.717, 1.165) is 19.4 Å². The summed E-state index contributed by atoms with van der Waals surface area (Å²) in [6.07, 6.45) is 2.87. The van der Waals surface area contributed by atoms with Crippen LogP contribution >= 0.6 is 81.2 Å². The second-order valence-corrected chi connectivity index (χ2v) is 11.1. The SMILES string of the molecule is C=CC(=O)N1CC[C@H]1CO.C=CC(=O)N1CC[C@H]1COC(=O)Cl.O=C(OC(Cl)(Cl)Cl)OC(Cl)(Cl)Cl. The molecule has 0 unspecified atom stereocenters. The molecular weight excluding hydrogens is 620 g/mol. The van der Waals surface area contributed by atoms with Gasteiger partial charge in [-0.25, -0.2) is 9.59 Å². The van der Waals surface area contributed by atoms with Crippen molar-refractivity contribution in [2.45, 2.75) is 32.9 Å². The van der Waals surface area contributed by atoms with Crippen molar-refractivity contribution >= 4 is 105 Å². The molecule has 0 radical (unpaired) electrons. The predicted molar refractivity (Wildman–Crippen MR) is 133 cm³/mol. The zero-order valence-corrected chi connectivity index (χ0v) is 23.1. The molecule has 17 heteroatoms. The molecule has 2 aliphatic rings. The molecular formula is C18H21Cl7N2O8. The van der Waals surface area contributed by atoms with Crippen molar-refractivity contribution in [2.24, 2.45) is 0 Å². The van der Waals surface area contributed by atoms with Crippen LogP contribution in [0.25, 0.3) is 0 Å². The zero-order chi connectivity index (χ0) is 27.4. The lowest BCUT2D eigenvalue weighted by Crippen LogP contribution is -2.52. The van der Waals surface area contributed by atoms with Gasteiger partial charge in [0.15, 0.2) is 0 Å². The molecule has 2 fully saturated rings. The topological polar surface area (TPSA) is 123 Å². The van der Waals surface area contributed by atoms with E-state index in [-0.39, 0.29) is 37.1 Å². The van der Waals surface area contributed by atoms with Crippen LogP contribution < -0.4 is 0 Å². The molecule has 2 atom stereocenters. The number of carbonyl (C=O) groups is 4. The predicted octanol–water partition coefficient (Wildman–Crippen LogP) is 4.71. The number of halogens is 7. The standard InChI is InChI=1S/C8H10ClNO3.C7H11NO2.C3Cl6O3/c1-2-7(11)10-4-3-6(10)5-13-8(9)12;1-2-7(10)8-4-3-6(8)5-9;4-2(5,6)11-1(10)12-3(7,8)9/h2,6H,1,3-5H2;2,6,9H,1,3-5H2;/t2*6-;/m00./s1. The van der Waals surface area contributed by atoms with E-state index in [1.165, 1.54) is 12.2 Å². The normalized spacial score (nSPS) is 18.6. The summed E-state index contributed by atoms with van der Waals surface area (Å²) in [6.45, 7) is 8.42. The van der Waals surface area contributed by atoms with E-state index in [0.29, 0.717) is 6.54 Å². The van der Waals surface area contributed by atoms with Crippen LogP contribution in [0, 0.1) is 0 Å². The van der Waals surface area contributed by atoms with Crippen molar-refractivity contribution in [1.82, 2.24) is 9.80 Å². The zero-order valence-electron chi connectivity index (χ0n) is 17.8. The summed E-state index contributed by atoms with van der Waals surface area (Å²) >= 11 is 35.2.